The van der Waals surface area contributed by atoms with Gasteiger partial charge in [-0.1, -0.05) is 12.1 Å². The first-order valence-electron chi connectivity index (χ1n) is 10.7. The lowest BCUT2D eigenvalue weighted by atomic mass is 10.2. The lowest BCUT2D eigenvalue weighted by molar-refractivity contribution is -0.117. The third kappa shape index (κ3) is 3.73. The molecule has 0 atom stereocenters. The quantitative estimate of drug-likeness (QED) is 0.483. The molecule has 170 valence electrons. The molecule has 1 aliphatic heterocycles. The Morgan fingerprint density at radius 3 is 2.64 bits per heavy atom. The Labute approximate surface area is 189 Å². The molecular formula is C23H24N6O4. The van der Waals surface area contributed by atoms with Crippen molar-refractivity contribution in [1.29, 1.82) is 0 Å². The van der Waals surface area contributed by atoms with Gasteiger partial charge in [0.2, 0.25) is 11.6 Å². The Morgan fingerprint density at radius 2 is 1.88 bits per heavy atom. The molecule has 1 fully saturated rings. The largest absolute Gasteiger partial charge is 0.497 e. The summed E-state index contributed by atoms with van der Waals surface area (Å²) >= 11 is 0. The number of para-hydroxylation sites is 2. The summed E-state index contributed by atoms with van der Waals surface area (Å²) in [6.45, 7) is 1.46. The summed E-state index contributed by atoms with van der Waals surface area (Å²) in [5, 5.41) is 7.30. The van der Waals surface area contributed by atoms with Gasteiger partial charge in [-0.15, -0.1) is 5.10 Å². The van der Waals surface area contributed by atoms with E-state index < -0.39 is 11.6 Å². The molecule has 0 radical (unpaired) electrons. The summed E-state index contributed by atoms with van der Waals surface area (Å²) in [6, 6.07) is 12.5. The number of nitrogens with zero attached hydrogens (tertiary/aromatic N) is 5. The number of carbonyl (C=O) groups excluding carboxylic acids is 1. The van der Waals surface area contributed by atoms with Crippen molar-refractivity contribution in [3.05, 3.63) is 52.9 Å². The van der Waals surface area contributed by atoms with Gasteiger partial charge >= 0.3 is 5.69 Å². The van der Waals surface area contributed by atoms with Crippen LogP contribution in [0.15, 0.2) is 47.3 Å². The number of hydrogen-bond acceptors (Lipinski definition) is 7. The van der Waals surface area contributed by atoms with Crippen LogP contribution in [0.5, 0.6) is 11.5 Å². The molecule has 10 nitrogen and oxygen atoms in total. The van der Waals surface area contributed by atoms with Gasteiger partial charge in [0, 0.05) is 19.2 Å². The number of aromatic nitrogens is 4. The van der Waals surface area contributed by atoms with Crippen LogP contribution in [0.25, 0.3) is 16.7 Å². The SMILES string of the molecule is COc1ccc(OC)c(NC(=O)Cn2nc3c(N4CCCC4)nc4ccccc4n3c2=O)c1. The molecule has 33 heavy (non-hydrogen) atoms. The molecule has 3 heterocycles. The van der Waals surface area contributed by atoms with E-state index in [1.54, 1.807) is 25.3 Å². The molecule has 4 aromatic rings. The van der Waals surface area contributed by atoms with E-state index in [1.807, 2.05) is 24.3 Å². The summed E-state index contributed by atoms with van der Waals surface area (Å²) in [5.41, 5.74) is 1.87. The molecule has 5 rings (SSSR count). The predicted molar refractivity (Wildman–Crippen MR) is 124 cm³/mol. The van der Waals surface area contributed by atoms with Gasteiger partial charge < -0.3 is 19.7 Å². The van der Waals surface area contributed by atoms with Crippen molar-refractivity contribution in [3.63, 3.8) is 0 Å². The lowest BCUT2D eigenvalue weighted by Crippen LogP contribution is -2.28. The molecule has 0 spiro atoms. The highest BCUT2D eigenvalue weighted by atomic mass is 16.5. The number of carbonyl (C=O) groups is 1. The summed E-state index contributed by atoms with van der Waals surface area (Å²) in [7, 11) is 3.06. The molecule has 0 unspecified atom stereocenters. The summed E-state index contributed by atoms with van der Waals surface area (Å²) in [6.07, 6.45) is 2.13. The van der Waals surface area contributed by atoms with Crippen LogP contribution in [-0.2, 0) is 11.3 Å². The number of benzene rings is 2. The standard InChI is InChI=1S/C23H24N6O4/c1-32-15-9-10-19(33-2)17(13-15)24-20(30)14-28-23(31)29-18-8-4-3-7-16(18)25-21(22(29)26-28)27-11-5-6-12-27/h3-4,7-10,13H,5-6,11-12,14H2,1-2H3,(H,24,30). The zero-order chi connectivity index (χ0) is 22.9. The van der Waals surface area contributed by atoms with Crippen LogP contribution in [0.3, 0.4) is 0 Å². The molecule has 0 bridgehead atoms. The Hall–Kier alpha value is -4.08. The van der Waals surface area contributed by atoms with Crippen LogP contribution < -0.4 is 25.4 Å². The minimum absolute atomic E-state index is 0.255. The van der Waals surface area contributed by atoms with Gasteiger partial charge in [-0.05, 0) is 37.1 Å². The Morgan fingerprint density at radius 1 is 1.09 bits per heavy atom. The van der Waals surface area contributed by atoms with Crippen molar-refractivity contribution < 1.29 is 14.3 Å². The maximum atomic E-state index is 13.3. The molecule has 2 aromatic carbocycles. The molecule has 0 aliphatic carbocycles. The maximum Gasteiger partial charge on any atom is 0.351 e. The number of hydrogen-bond donors (Lipinski definition) is 1. The van der Waals surface area contributed by atoms with Crippen LogP contribution in [0.4, 0.5) is 11.5 Å². The average Bonchev–Trinajstić information content (AvgIpc) is 3.47. The van der Waals surface area contributed by atoms with Crippen molar-refractivity contribution in [2.24, 2.45) is 0 Å². The van der Waals surface area contributed by atoms with Crippen LogP contribution >= 0.6 is 0 Å². The number of rotatable bonds is 6. The van der Waals surface area contributed by atoms with Gasteiger partial charge in [0.1, 0.15) is 18.0 Å². The maximum absolute atomic E-state index is 13.3. The van der Waals surface area contributed by atoms with Gasteiger partial charge in [-0.3, -0.25) is 4.79 Å². The highest BCUT2D eigenvalue weighted by Gasteiger charge is 2.23. The summed E-state index contributed by atoms with van der Waals surface area (Å²) in [5.74, 6) is 1.31. The van der Waals surface area contributed by atoms with Crippen molar-refractivity contribution in [3.8, 4) is 11.5 Å². The average molecular weight is 448 g/mol. The van der Waals surface area contributed by atoms with E-state index in [-0.39, 0.29) is 6.54 Å². The monoisotopic (exact) mass is 448 g/mol. The van der Waals surface area contributed by atoms with Gasteiger partial charge in [0.15, 0.2) is 5.82 Å². The van der Waals surface area contributed by atoms with Gasteiger partial charge in [-0.25, -0.2) is 18.9 Å². The van der Waals surface area contributed by atoms with Crippen molar-refractivity contribution in [2.75, 3.05) is 37.5 Å². The fraction of sp³-hybridized carbons (Fsp3) is 0.304. The zero-order valence-electron chi connectivity index (χ0n) is 18.4. The van der Waals surface area contributed by atoms with E-state index in [2.05, 4.69) is 15.3 Å². The fourth-order valence-electron chi connectivity index (χ4n) is 4.16. The minimum Gasteiger partial charge on any atom is -0.497 e. The molecule has 2 aromatic heterocycles. The second-order valence-corrected chi connectivity index (χ2v) is 7.83. The summed E-state index contributed by atoms with van der Waals surface area (Å²) in [4.78, 5) is 33.1. The topological polar surface area (TPSA) is 103 Å². The Kier molecular flexibility index (Phi) is 5.33. The molecule has 1 N–H and O–H groups in total. The van der Waals surface area contributed by atoms with Crippen molar-refractivity contribution in [2.45, 2.75) is 19.4 Å². The van der Waals surface area contributed by atoms with E-state index in [9.17, 15) is 9.59 Å². The first-order valence-corrected chi connectivity index (χ1v) is 10.7. The number of ether oxygens (including phenoxy) is 2. The van der Waals surface area contributed by atoms with Crippen LogP contribution in [0.2, 0.25) is 0 Å². The highest BCUT2D eigenvalue weighted by Crippen LogP contribution is 2.29. The third-order valence-corrected chi connectivity index (χ3v) is 5.77. The van der Waals surface area contributed by atoms with Crippen LogP contribution in [0, 0.1) is 0 Å². The van der Waals surface area contributed by atoms with Gasteiger partial charge in [-0.2, -0.15) is 0 Å². The van der Waals surface area contributed by atoms with Crippen LogP contribution in [0.1, 0.15) is 12.8 Å². The number of amides is 1. The summed E-state index contributed by atoms with van der Waals surface area (Å²) < 4.78 is 13.3. The lowest BCUT2D eigenvalue weighted by Gasteiger charge is -2.17. The highest BCUT2D eigenvalue weighted by molar-refractivity contribution is 5.92. The van der Waals surface area contributed by atoms with E-state index in [0.29, 0.717) is 39.7 Å². The number of nitrogens with one attached hydrogen (secondary N) is 1. The Bertz CT molecular complexity index is 1400. The number of fused-ring (bicyclic) bond motifs is 3. The molecule has 1 amide bonds. The zero-order valence-corrected chi connectivity index (χ0v) is 18.4. The Balaban J connectivity index is 1.54. The first-order chi connectivity index (χ1) is 16.1. The molecule has 10 heteroatoms. The van der Waals surface area contributed by atoms with Gasteiger partial charge in [0.25, 0.3) is 0 Å². The van der Waals surface area contributed by atoms with E-state index >= 15 is 0 Å². The molecule has 1 saturated heterocycles. The smallest absolute Gasteiger partial charge is 0.351 e. The molecule has 1 aliphatic rings. The minimum atomic E-state index is -0.410. The molecule has 0 saturated carbocycles. The van der Waals surface area contributed by atoms with E-state index in [1.165, 1.54) is 16.2 Å². The molecular weight excluding hydrogens is 424 g/mol. The second kappa shape index (κ2) is 8.45. The van der Waals surface area contributed by atoms with E-state index in [0.717, 1.165) is 25.9 Å². The second-order valence-electron chi connectivity index (χ2n) is 7.83. The first kappa shape index (κ1) is 20.8. The third-order valence-electron chi connectivity index (χ3n) is 5.77. The number of anilines is 2. The van der Waals surface area contributed by atoms with Crippen molar-refractivity contribution >= 4 is 34.1 Å². The van der Waals surface area contributed by atoms with Gasteiger partial charge in [0.05, 0.1) is 30.9 Å². The number of methoxy groups -OCH3 is 2. The van der Waals surface area contributed by atoms with Crippen LogP contribution in [-0.4, -0.2) is 52.4 Å². The fourth-order valence-corrected chi connectivity index (χ4v) is 4.16. The van der Waals surface area contributed by atoms with Crippen molar-refractivity contribution in [1.82, 2.24) is 19.2 Å². The normalized spacial score (nSPS) is 13.6. The van der Waals surface area contributed by atoms with E-state index in [4.69, 9.17) is 14.5 Å². The predicted octanol–water partition coefficient (Wildman–Crippen LogP) is 2.30.